The molecule has 1 amide bonds. The van der Waals surface area contributed by atoms with Crippen molar-refractivity contribution in [3.8, 4) is 0 Å². The van der Waals surface area contributed by atoms with E-state index in [4.69, 9.17) is 10.5 Å². The van der Waals surface area contributed by atoms with Crippen molar-refractivity contribution in [1.82, 2.24) is 4.90 Å². The number of hydrogen-bond acceptors (Lipinski definition) is 3. The molecule has 74 valence electrons. The molecule has 2 aliphatic rings. The van der Waals surface area contributed by atoms with Gasteiger partial charge in [0, 0.05) is 37.9 Å². The first-order valence-corrected chi connectivity index (χ1v) is 4.87. The van der Waals surface area contributed by atoms with Crippen molar-refractivity contribution in [3.05, 3.63) is 0 Å². The van der Waals surface area contributed by atoms with Gasteiger partial charge in [-0.05, 0) is 0 Å². The number of nitrogens with two attached hydrogens (primary N) is 1. The van der Waals surface area contributed by atoms with Crippen LogP contribution in [-0.2, 0) is 9.53 Å². The van der Waals surface area contributed by atoms with Crippen molar-refractivity contribution >= 4 is 5.91 Å². The maximum absolute atomic E-state index is 11.5. The third kappa shape index (κ3) is 1.69. The lowest BCUT2D eigenvalue weighted by atomic mass is 10.0. The van der Waals surface area contributed by atoms with Gasteiger partial charge in [-0.1, -0.05) is 0 Å². The molecule has 13 heavy (non-hydrogen) atoms. The van der Waals surface area contributed by atoms with Crippen LogP contribution in [0.4, 0.5) is 0 Å². The molecule has 2 saturated heterocycles. The van der Waals surface area contributed by atoms with Crippen LogP contribution < -0.4 is 5.73 Å². The van der Waals surface area contributed by atoms with Gasteiger partial charge in [0.2, 0.25) is 5.91 Å². The van der Waals surface area contributed by atoms with Crippen LogP contribution in [0.15, 0.2) is 0 Å². The Morgan fingerprint density at radius 1 is 1.38 bits per heavy atom. The number of carbonyl (C=O) groups is 1. The largest absolute Gasteiger partial charge is 0.381 e. The highest BCUT2D eigenvalue weighted by Gasteiger charge is 2.38. The highest BCUT2D eigenvalue weighted by molar-refractivity contribution is 5.76. The second-order valence-corrected chi connectivity index (χ2v) is 3.90. The van der Waals surface area contributed by atoms with E-state index in [-0.39, 0.29) is 5.91 Å². The number of amides is 1. The molecule has 0 bridgehead atoms. The molecular formula is C9H16N2O2. The van der Waals surface area contributed by atoms with Crippen LogP contribution in [0.25, 0.3) is 0 Å². The summed E-state index contributed by atoms with van der Waals surface area (Å²) >= 11 is 0. The topological polar surface area (TPSA) is 55.6 Å². The van der Waals surface area contributed by atoms with Gasteiger partial charge < -0.3 is 15.4 Å². The lowest BCUT2D eigenvalue weighted by molar-refractivity contribution is -0.130. The summed E-state index contributed by atoms with van der Waals surface area (Å²) in [6.07, 6.45) is 0.486. The van der Waals surface area contributed by atoms with E-state index in [0.29, 0.717) is 24.8 Å². The van der Waals surface area contributed by atoms with Crippen LogP contribution in [0.2, 0.25) is 0 Å². The molecule has 0 saturated carbocycles. The van der Waals surface area contributed by atoms with Crippen LogP contribution >= 0.6 is 0 Å². The van der Waals surface area contributed by atoms with Crippen LogP contribution in [0.3, 0.4) is 0 Å². The molecule has 0 aliphatic carbocycles. The van der Waals surface area contributed by atoms with Gasteiger partial charge in [0.1, 0.15) is 0 Å². The van der Waals surface area contributed by atoms with Gasteiger partial charge in [-0.3, -0.25) is 4.79 Å². The van der Waals surface area contributed by atoms with Crippen molar-refractivity contribution in [1.29, 1.82) is 0 Å². The van der Waals surface area contributed by atoms with Gasteiger partial charge in [0.25, 0.3) is 0 Å². The zero-order valence-electron chi connectivity index (χ0n) is 7.74. The molecule has 0 aromatic carbocycles. The minimum atomic E-state index is 0.205. The molecule has 0 aromatic heterocycles. The molecule has 2 atom stereocenters. The molecule has 2 N–H and O–H groups in total. The molecule has 4 heteroatoms. The van der Waals surface area contributed by atoms with Crippen molar-refractivity contribution in [2.45, 2.75) is 6.42 Å². The van der Waals surface area contributed by atoms with E-state index in [1.165, 1.54) is 0 Å². The summed E-state index contributed by atoms with van der Waals surface area (Å²) in [5.41, 5.74) is 5.34. The summed E-state index contributed by atoms with van der Waals surface area (Å²) in [5.74, 6) is 1.38. The van der Waals surface area contributed by atoms with Gasteiger partial charge in [0.05, 0.1) is 13.2 Å². The van der Waals surface area contributed by atoms with Crippen LogP contribution in [0.1, 0.15) is 6.42 Å². The van der Waals surface area contributed by atoms with Crippen LogP contribution in [-0.4, -0.2) is 43.7 Å². The van der Waals surface area contributed by atoms with E-state index in [1.807, 2.05) is 4.90 Å². The smallest absolute Gasteiger partial charge is 0.223 e. The molecule has 0 radical (unpaired) electrons. The standard InChI is InChI=1S/C9H16N2O2/c10-2-1-9(12)11-3-7-5-13-6-8(7)4-11/h7-8H,1-6,10H2. The Morgan fingerprint density at radius 2 is 2.00 bits per heavy atom. The maximum Gasteiger partial charge on any atom is 0.223 e. The fourth-order valence-corrected chi connectivity index (χ4v) is 2.17. The van der Waals surface area contributed by atoms with Gasteiger partial charge in [0.15, 0.2) is 0 Å². The van der Waals surface area contributed by atoms with Gasteiger partial charge >= 0.3 is 0 Å². The Bertz CT molecular complexity index is 196. The highest BCUT2D eigenvalue weighted by Crippen LogP contribution is 2.29. The minimum Gasteiger partial charge on any atom is -0.381 e. The number of likely N-dealkylation sites (tertiary alicyclic amines) is 1. The van der Waals surface area contributed by atoms with Gasteiger partial charge in [-0.15, -0.1) is 0 Å². The van der Waals surface area contributed by atoms with Gasteiger partial charge in [-0.25, -0.2) is 0 Å². The number of hydrogen-bond donors (Lipinski definition) is 1. The first-order chi connectivity index (χ1) is 6.31. The van der Waals surface area contributed by atoms with Crippen molar-refractivity contribution in [3.63, 3.8) is 0 Å². The van der Waals surface area contributed by atoms with E-state index in [1.54, 1.807) is 0 Å². The first kappa shape index (κ1) is 8.97. The van der Waals surface area contributed by atoms with Crippen LogP contribution in [0.5, 0.6) is 0 Å². The quantitative estimate of drug-likeness (QED) is 0.626. The fraction of sp³-hybridized carbons (Fsp3) is 0.889. The molecular weight excluding hydrogens is 168 g/mol. The summed E-state index contributed by atoms with van der Waals surface area (Å²) in [4.78, 5) is 13.4. The third-order valence-electron chi connectivity index (χ3n) is 2.95. The molecule has 2 rings (SSSR count). The lowest BCUT2D eigenvalue weighted by Gasteiger charge is -2.16. The Kier molecular flexibility index (Phi) is 2.51. The zero-order chi connectivity index (χ0) is 9.26. The number of ether oxygens (including phenoxy) is 1. The second-order valence-electron chi connectivity index (χ2n) is 3.90. The summed E-state index contributed by atoms with van der Waals surface area (Å²) in [5, 5.41) is 0. The lowest BCUT2D eigenvalue weighted by Crippen LogP contribution is -2.31. The van der Waals surface area contributed by atoms with E-state index in [2.05, 4.69) is 0 Å². The molecule has 2 fully saturated rings. The minimum absolute atomic E-state index is 0.205. The highest BCUT2D eigenvalue weighted by atomic mass is 16.5. The maximum atomic E-state index is 11.5. The number of nitrogens with zero attached hydrogens (tertiary/aromatic N) is 1. The van der Waals surface area contributed by atoms with Crippen molar-refractivity contribution in [2.75, 3.05) is 32.8 Å². The average molecular weight is 184 g/mol. The molecule has 4 nitrogen and oxygen atoms in total. The first-order valence-electron chi connectivity index (χ1n) is 4.87. The van der Waals surface area contributed by atoms with E-state index >= 15 is 0 Å². The predicted octanol–water partition coefficient (Wildman–Crippen LogP) is -0.560. The Labute approximate surface area is 78.0 Å². The fourth-order valence-electron chi connectivity index (χ4n) is 2.17. The predicted molar refractivity (Wildman–Crippen MR) is 48.1 cm³/mol. The Balaban J connectivity index is 1.87. The van der Waals surface area contributed by atoms with Crippen LogP contribution in [0, 0.1) is 11.8 Å². The molecule has 2 heterocycles. The summed E-state index contributed by atoms with van der Waals surface area (Å²) < 4.78 is 5.34. The molecule has 2 aliphatic heterocycles. The molecule has 0 aromatic rings. The second kappa shape index (κ2) is 3.64. The molecule has 2 unspecified atom stereocenters. The Hall–Kier alpha value is -0.610. The van der Waals surface area contributed by atoms with Gasteiger partial charge in [-0.2, -0.15) is 0 Å². The number of carbonyl (C=O) groups excluding carboxylic acids is 1. The summed E-state index contributed by atoms with van der Waals surface area (Å²) in [6.45, 7) is 3.88. The van der Waals surface area contributed by atoms with Crippen molar-refractivity contribution < 1.29 is 9.53 Å². The molecule has 0 spiro atoms. The summed E-state index contributed by atoms with van der Waals surface area (Å²) in [6, 6.07) is 0. The van der Waals surface area contributed by atoms with E-state index in [0.717, 1.165) is 26.3 Å². The zero-order valence-corrected chi connectivity index (χ0v) is 7.74. The monoisotopic (exact) mass is 184 g/mol. The summed E-state index contributed by atoms with van der Waals surface area (Å²) in [7, 11) is 0. The Morgan fingerprint density at radius 3 is 2.54 bits per heavy atom. The van der Waals surface area contributed by atoms with E-state index in [9.17, 15) is 4.79 Å². The normalized spacial score (nSPS) is 32.2. The average Bonchev–Trinajstić information content (AvgIpc) is 2.61. The number of rotatable bonds is 2. The number of fused-ring (bicyclic) bond motifs is 1. The van der Waals surface area contributed by atoms with E-state index < -0.39 is 0 Å². The third-order valence-corrected chi connectivity index (χ3v) is 2.95. The SMILES string of the molecule is NCCC(=O)N1CC2COCC2C1. The van der Waals surface area contributed by atoms with Crippen molar-refractivity contribution in [2.24, 2.45) is 17.6 Å².